The second kappa shape index (κ2) is 6.37. The number of rotatable bonds is 4. The Balaban J connectivity index is 1.78. The monoisotopic (exact) mass is 309 g/mol. The van der Waals surface area contributed by atoms with Gasteiger partial charge in [-0.3, -0.25) is 4.79 Å². The first-order valence-electron chi connectivity index (χ1n) is 6.64. The van der Waals surface area contributed by atoms with Crippen molar-refractivity contribution in [3.8, 4) is 0 Å². The van der Waals surface area contributed by atoms with E-state index in [0.717, 1.165) is 12.8 Å². The SMILES string of the molecule is Cc1cccc(CCC(=O)NC2CCCC2Br)c1. The van der Waals surface area contributed by atoms with E-state index in [2.05, 4.69) is 46.4 Å². The Morgan fingerprint density at radius 2 is 2.28 bits per heavy atom. The molecule has 2 nitrogen and oxygen atoms in total. The van der Waals surface area contributed by atoms with E-state index in [9.17, 15) is 4.79 Å². The number of aryl methyl sites for hydroxylation is 2. The van der Waals surface area contributed by atoms with Crippen molar-refractivity contribution in [1.82, 2.24) is 5.32 Å². The fourth-order valence-electron chi connectivity index (χ4n) is 2.48. The summed E-state index contributed by atoms with van der Waals surface area (Å²) in [6.07, 6.45) is 4.89. The lowest BCUT2D eigenvalue weighted by Gasteiger charge is -2.16. The molecule has 2 rings (SSSR count). The smallest absolute Gasteiger partial charge is 0.220 e. The van der Waals surface area contributed by atoms with Crippen molar-refractivity contribution in [2.45, 2.75) is 49.9 Å². The van der Waals surface area contributed by atoms with Crippen LogP contribution in [0.25, 0.3) is 0 Å². The first kappa shape index (κ1) is 13.6. The minimum absolute atomic E-state index is 0.174. The Kier molecular flexibility index (Phi) is 4.81. The maximum atomic E-state index is 11.9. The number of carbonyl (C=O) groups is 1. The van der Waals surface area contributed by atoms with Gasteiger partial charge < -0.3 is 5.32 Å². The zero-order valence-electron chi connectivity index (χ0n) is 10.8. The van der Waals surface area contributed by atoms with Gasteiger partial charge in [0.1, 0.15) is 0 Å². The number of carbonyl (C=O) groups excluding carboxylic acids is 1. The van der Waals surface area contributed by atoms with Gasteiger partial charge in [-0.2, -0.15) is 0 Å². The Morgan fingerprint density at radius 3 is 2.94 bits per heavy atom. The van der Waals surface area contributed by atoms with Crippen LogP contribution in [-0.2, 0) is 11.2 Å². The van der Waals surface area contributed by atoms with Crippen LogP contribution in [0.2, 0.25) is 0 Å². The fourth-order valence-corrected chi connectivity index (χ4v) is 3.20. The largest absolute Gasteiger partial charge is 0.352 e. The lowest BCUT2D eigenvalue weighted by molar-refractivity contribution is -0.121. The van der Waals surface area contributed by atoms with Crippen LogP contribution in [0.1, 0.15) is 36.8 Å². The zero-order valence-corrected chi connectivity index (χ0v) is 12.4. The van der Waals surface area contributed by atoms with E-state index >= 15 is 0 Å². The van der Waals surface area contributed by atoms with Gasteiger partial charge in [0, 0.05) is 17.3 Å². The summed E-state index contributed by atoms with van der Waals surface area (Å²) in [4.78, 5) is 12.3. The molecule has 1 N–H and O–H groups in total. The topological polar surface area (TPSA) is 29.1 Å². The van der Waals surface area contributed by atoms with Crippen molar-refractivity contribution in [2.24, 2.45) is 0 Å². The molecule has 1 saturated carbocycles. The first-order valence-corrected chi connectivity index (χ1v) is 7.55. The molecule has 1 aromatic rings. The molecule has 2 unspecified atom stereocenters. The third-order valence-electron chi connectivity index (χ3n) is 3.50. The summed E-state index contributed by atoms with van der Waals surface area (Å²) in [5, 5.41) is 3.13. The van der Waals surface area contributed by atoms with Crippen LogP contribution in [0.4, 0.5) is 0 Å². The van der Waals surface area contributed by atoms with E-state index in [1.165, 1.54) is 24.0 Å². The fraction of sp³-hybridized carbons (Fsp3) is 0.533. The predicted molar refractivity (Wildman–Crippen MR) is 78.0 cm³/mol. The van der Waals surface area contributed by atoms with E-state index < -0.39 is 0 Å². The van der Waals surface area contributed by atoms with E-state index in [0.29, 0.717) is 17.3 Å². The summed E-state index contributed by atoms with van der Waals surface area (Å²) in [6, 6.07) is 8.69. The van der Waals surface area contributed by atoms with Crippen molar-refractivity contribution in [1.29, 1.82) is 0 Å². The lowest BCUT2D eigenvalue weighted by Crippen LogP contribution is -2.37. The molecule has 1 aromatic carbocycles. The number of alkyl halides is 1. The standard InChI is InChI=1S/C15H20BrNO/c1-11-4-2-5-12(10-11)8-9-15(18)17-14-7-3-6-13(14)16/h2,4-5,10,13-14H,3,6-9H2,1H3,(H,17,18). The van der Waals surface area contributed by atoms with Crippen molar-refractivity contribution in [3.63, 3.8) is 0 Å². The van der Waals surface area contributed by atoms with E-state index in [1.54, 1.807) is 0 Å². The van der Waals surface area contributed by atoms with Gasteiger partial charge in [0.25, 0.3) is 0 Å². The van der Waals surface area contributed by atoms with Crippen LogP contribution in [0.3, 0.4) is 0 Å². The molecule has 0 radical (unpaired) electrons. The summed E-state index contributed by atoms with van der Waals surface area (Å²) in [6.45, 7) is 2.08. The average molecular weight is 310 g/mol. The molecular formula is C15H20BrNO. The lowest BCUT2D eigenvalue weighted by atomic mass is 10.1. The van der Waals surface area contributed by atoms with Gasteiger partial charge in [-0.05, 0) is 31.7 Å². The second-order valence-electron chi connectivity index (χ2n) is 5.11. The third-order valence-corrected chi connectivity index (χ3v) is 4.60. The molecule has 1 aliphatic rings. The first-order chi connectivity index (χ1) is 8.65. The zero-order chi connectivity index (χ0) is 13.0. The molecule has 1 fully saturated rings. The molecule has 0 bridgehead atoms. The molecule has 3 heteroatoms. The van der Waals surface area contributed by atoms with Gasteiger partial charge in [-0.25, -0.2) is 0 Å². The highest BCUT2D eigenvalue weighted by atomic mass is 79.9. The predicted octanol–water partition coefficient (Wildman–Crippen LogP) is 3.36. The minimum atomic E-state index is 0.174. The number of benzene rings is 1. The van der Waals surface area contributed by atoms with E-state index in [-0.39, 0.29) is 5.91 Å². The molecule has 1 amide bonds. The molecule has 1 aliphatic carbocycles. The van der Waals surface area contributed by atoms with Crippen LogP contribution >= 0.6 is 15.9 Å². The van der Waals surface area contributed by atoms with Crippen molar-refractivity contribution >= 4 is 21.8 Å². The van der Waals surface area contributed by atoms with Crippen molar-refractivity contribution < 1.29 is 4.79 Å². The Hall–Kier alpha value is -0.830. The summed E-state index contributed by atoms with van der Waals surface area (Å²) in [7, 11) is 0. The Morgan fingerprint density at radius 1 is 1.44 bits per heavy atom. The maximum Gasteiger partial charge on any atom is 0.220 e. The Labute approximate surface area is 117 Å². The molecule has 0 spiro atoms. The summed E-state index contributed by atoms with van der Waals surface area (Å²) >= 11 is 3.62. The van der Waals surface area contributed by atoms with Gasteiger partial charge in [0.05, 0.1) is 0 Å². The third kappa shape index (κ3) is 3.84. The molecule has 98 valence electrons. The quantitative estimate of drug-likeness (QED) is 0.849. The summed E-state index contributed by atoms with van der Waals surface area (Å²) in [5.41, 5.74) is 2.50. The van der Waals surface area contributed by atoms with Crippen LogP contribution in [0, 0.1) is 6.92 Å². The van der Waals surface area contributed by atoms with Gasteiger partial charge in [-0.1, -0.05) is 52.2 Å². The molecule has 18 heavy (non-hydrogen) atoms. The highest BCUT2D eigenvalue weighted by Gasteiger charge is 2.25. The van der Waals surface area contributed by atoms with Gasteiger partial charge in [-0.15, -0.1) is 0 Å². The molecule has 0 saturated heterocycles. The van der Waals surface area contributed by atoms with Crippen LogP contribution in [-0.4, -0.2) is 16.8 Å². The van der Waals surface area contributed by atoms with Crippen LogP contribution in [0.15, 0.2) is 24.3 Å². The van der Waals surface area contributed by atoms with Gasteiger partial charge in [0.2, 0.25) is 5.91 Å². The number of amides is 1. The highest BCUT2D eigenvalue weighted by molar-refractivity contribution is 9.09. The van der Waals surface area contributed by atoms with Gasteiger partial charge >= 0.3 is 0 Å². The molecule has 2 atom stereocenters. The van der Waals surface area contributed by atoms with Crippen LogP contribution in [0.5, 0.6) is 0 Å². The molecule has 0 aliphatic heterocycles. The summed E-state index contributed by atoms with van der Waals surface area (Å²) in [5.74, 6) is 0.174. The highest BCUT2D eigenvalue weighted by Crippen LogP contribution is 2.25. The van der Waals surface area contributed by atoms with Crippen molar-refractivity contribution in [2.75, 3.05) is 0 Å². The normalized spacial score (nSPS) is 23.0. The van der Waals surface area contributed by atoms with Crippen LogP contribution < -0.4 is 5.32 Å². The second-order valence-corrected chi connectivity index (χ2v) is 6.29. The molecule has 0 aromatic heterocycles. The van der Waals surface area contributed by atoms with Gasteiger partial charge in [0.15, 0.2) is 0 Å². The minimum Gasteiger partial charge on any atom is -0.352 e. The number of hydrogen-bond acceptors (Lipinski definition) is 1. The summed E-state index contributed by atoms with van der Waals surface area (Å²) < 4.78 is 0. The van der Waals surface area contributed by atoms with E-state index in [1.807, 2.05) is 6.07 Å². The molecular weight excluding hydrogens is 290 g/mol. The number of nitrogens with one attached hydrogen (secondary N) is 1. The Bertz CT molecular complexity index is 419. The average Bonchev–Trinajstić information content (AvgIpc) is 2.73. The number of halogens is 1. The maximum absolute atomic E-state index is 11.9. The number of hydrogen-bond donors (Lipinski definition) is 1. The molecule has 0 heterocycles. The van der Waals surface area contributed by atoms with Crippen molar-refractivity contribution in [3.05, 3.63) is 35.4 Å². The van der Waals surface area contributed by atoms with E-state index in [4.69, 9.17) is 0 Å².